The minimum Gasteiger partial charge on any atom is -0.452 e. The molecule has 0 aliphatic heterocycles. The highest BCUT2D eigenvalue weighted by atomic mass is 35.5. The monoisotopic (exact) mass is 318 g/mol. The quantitative estimate of drug-likeness (QED) is 0.670. The molecule has 0 aromatic heterocycles. The van der Waals surface area contributed by atoms with Gasteiger partial charge in [0.05, 0.1) is 5.56 Å². The number of hydrogen-bond acceptors (Lipinski definition) is 4. The van der Waals surface area contributed by atoms with Crippen LogP contribution in [0.3, 0.4) is 0 Å². The van der Waals surface area contributed by atoms with Crippen LogP contribution in [0, 0.1) is 6.92 Å². The van der Waals surface area contributed by atoms with Gasteiger partial charge in [-0.15, -0.1) is 0 Å². The highest BCUT2D eigenvalue weighted by molar-refractivity contribution is 6.31. The lowest BCUT2D eigenvalue weighted by Crippen LogP contribution is -2.21. The maximum Gasteiger partial charge on any atom is 0.340 e. The van der Waals surface area contributed by atoms with Gasteiger partial charge in [0, 0.05) is 16.4 Å². The summed E-state index contributed by atoms with van der Waals surface area (Å²) in [4.78, 5) is 23.6. The summed E-state index contributed by atoms with van der Waals surface area (Å²) in [5.41, 5.74) is 7.72. The topological polar surface area (TPSA) is 81.4 Å². The second kappa shape index (κ2) is 6.95. The number of esters is 1. The van der Waals surface area contributed by atoms with E-state index in [9.17, 15) is 9.59 Å². The second-order valence-corrected chi connectivity index (χ2v) is 5.16. The van der Waals surface area contributed by atoms with Crippen molar-refractivity contribution in [1.82, 2.24) is 0 Å². The van der Waals surface area contributed by atoms with E-state index in [-0.39, 0.29) is 11.3 Å². The van der Waals surface area contributed by atoms with Crippen LogP contribution in [-0.4, -0.2) is 18.5 Å². The van der Waals surface area contributed by atoms with Crippen LogP contribution >= 0.6 is 11.6 Å². The number of benzene rings is 2. The van der Waals surface area contributed by atoms with Crippen molar-refractivity contribution >= 4 is 34.9 Å². The molecule has 5 nitrogen and oxygen atoms in total. The van der Waals surface area contributed by atoms with Crippen LogP contribution in [0.25, 0.3) is 0 Å². The lowest BCUT2D eigenvalue weighted by Gasteiger charge is -2.08. The van der Waals surface area contributed by atoms with Gasteiger partial charge in [-0.3, -0.25) is 4.79 Å². The molecule has 0 bridgehead atoms. The van der Waals surface area contributed by atoms with Gasteiger partial charge in [-0.2, -0.15) is 0 Å². The van der Waals surface area contributed by atoms with Crippen LogP contribution in [0.5, 0.6) is 0 Å². The van der Waals surface area contributed by atoms with Crippen LogP contribution in [0.1, 0.15) is 15.9 Å². The summed E-state index contributed by atoms with van der Waals surface area (Å²) < 4.78 is 4.94. The molecule has 2 aromatic carbocycles. The Morgan fingerprint density at radius 3 is 2.68 bits per heavy atom. The van der Waals surface area contributed by atoms with Gasteiger partial charge >= 0.3 is 5.97 Å². The van der Waals surface area contributed by atoms with E-state index in [2.05, 4.69) is 5.32 Å². The van der Waals surface area contributed by atoms with E-state index < -0.39 is 18.5 Å². The number of carbonyl (C=O) groups excluding carboxylic acids is 2. The molecule has 0 unspecified atom stereocenters. The summed E-state index contributed by atoms with van der Waals surface area (Å²) in [6.07, 6.45) is 0. The first-order valence-electron chi connectivity index (χ1n) is 6.54. The van der Waals surface area contributed by atoms with Crippen molar-refractivity contribution in [3.63, 3.8) is 0 Å². The number of nitrogen functional groups attached to an aromatic ring is 1. The van der Waals surface area contributed by atoms with Crippen LogP contribution in [0.4, 0.5) is 11.4 Å². The molecule has 1 amide bonds. The lowest BCUT2D eigenvalue weighted by atomic mass is 10.2. The third-order valence-corrected chi connectivity index (χ3v) is 3.10. The van der Waals surface area contributed by atoms with Crippen molar-refractivity contribution < 1.29 is 14.3 Å². The smallest absolute Gasteiger partial charge is 0.340 e. The van der Waals surface area contributed by atoms with E-state index in [0.717, 1.165) is 5.56 Å². The Hall–Kier alpha value is -2.53. The largest absolute Gasteiger partial charge is 0.452 e. The summed E-state index contributed by atoms with van der Waals surface area (Å²) in [7, 11) is 0. The minimum atomic E-state index is -0.673. The van der Waals surface area contributed by atoms with Crippen molar-refractivity contribution in [2.75, 3.05) is 17.7 Å². The van der Waals surface area contributed by atoms with Crippen molar-refractivity contribution in [2.45, 2.75) is 6.92 Å². The highest BCUT2D eigenvalue weighted by Crippen LogP contribution is 2.18. The average Bonchev–Trinajstić information content (AvgIpc) is 2.45. The number of hydrogen-bond donors (Lipinski definition) is 2. The van der Waals surface area contributed by atoms with Gasteiger partial charge in [0.25, 0.3) is 5.91 Å². The zero-order valence-corrected chi connectivity index (χ0v) is 12.7. The SMILES string of the molecule is Cc1cccc(NC(=O)COC(=O)c2ccc(Cl)cc2N)c1. The van der Waals surface area contributed by atoms with Crippen LogP contribution in [0.2, 0.25) is 5.02 Å². The molecule has 2 aromatic rings. The molecule has 0 saturated heterocycles. The predicted octanol–water partition coefficient (Wildman–Crippen LogP) is 3.03. The summed E-state index contributed by atoms with van der Waals surface area (Å²) in [6, 6.07) is 11.7. The zero-order chi connectivity index (χ0) is 16.1. The van der Waals surface area contributed by atoms with E-state index in [0.29, 0.717) is 10.7 Å². The third-order valence-electron chi connectivity index (χ3n) is 2.87. The molecule has 0 saturated carbocycles. The molecule has 0 heterocycles. The first-order valence-corrected chi connectivity index (χ1v) is 6.92. The molecular weight excluding hydrogens is 304 g/mol. The molecule has 0 radical (unpaired) electrons. The number of halogens is 1. The van der Waals surface area contributed by atoms with E-state index >= 15 is 0 Å². The van der Waals surface area contributed by atoms with Gasteiger partial charge in [-0.05, 0) is 42.8 Å². The number of rotatable bonds is 4. The van der Waals surface area contributed by atoms with Crippen LogP contribution in [-0.2, 0) is 9.53 Å². The fraction of sp³-hybridized carbons (Fsp3) is 0.125. The molecule has 3 N–H and O–H groups in total. The molecule has 0 aliphatic rings. The predicted molar refractivity (Wildman–Crippen MR) is 86.0 cm³/mol. The summed E-state index contributed by atoms with van der Waals surface area (Å²) in [6.45, 7) is 1.52. The molecule has 114 valence electrons. The fourth-order valence-corrected chi connectivity index (χ4v) is 2.03. The number of carbonyl (C=O) groups is 2. The van der Waals surface area contributed by atoms with Crippen molar-refractivity contribution in [2.24, 2.45) is 0 Å². The number of aryl methyl sites for hydroxylation is 1. The summed E-state index contributed by atoms with van der Waals surface area (Å²) in [5.74, 6) is -1.10. The number of amides is 1. The number of nitrogens with two attached hydrogens (primary N) is 1. The Kier molecular flexibility index (Phi) is 5.01. The average molecular weight is 319 g/mol. The Balaban J connectivity index is 1.92. The van der Waals surface area contributed by atoms with E-state index in [1.165, 1.54) is 18.2 Å². The molecule has 2 rings (SSSR count). The Labute approximate surface area is 133 Å². The number of anilines is 2. The van der Waals surface area contributed by atoms with E-state index in [4.69, 9.17) is 22.1 Å². The summed E-state index contributed by atoms with van der Waals surface area (Å²) in [5, 5.41) is 3.07. The highest BCUT2D eigenvalue weighted by Gasteiger charge is 2.13. The van der Waals surface area contributed by atoms with Crippen molar-refractivity contribution in [3.05, 3.63) is 58.6 Å². The van der Waals surface area contributed by atoms with Gasteiger partial charge in [0.1, 0.15) is 0 Å². The standard InChI is InChI=1S/C16H15ClN2O3/c1-10-3-2-4-12(7-10)19-15(20)9-22-16(21)13-6-5-11(17)8-14(13)18/h2-8H,9,18H2,1H3,(H,19,20). The maximum atomic E-state index is 11.9. The normalized spacial score (nSPS) is 10.1. The van der Waals surface area contributed by atoms with Crippen molar-refractivity contribution in [3.8, 4) is 0 Å². The molecule has 0 aliphatic carbocycles. The second-order valence-electron chi connectivity index (χ2n) is 4.73. The molecule has 6 heteroatoms. The first-order chi connectivity index (χ1) is 10.5. The van der Waals surface area contributed by atoms with E-state index in [1.807, 2.05) is 25.1 Å². The number of ether oxygens (including phenoxy) is 1. The minimum absolute atomic E-state index is 0.174. The Morgan fingerprint density at radius 2 is 2.00 bits per heavy atom. The Morgan fingerprint density at radius 1 is 1.23 bits per heavy atom. The first kappa shape index (κ1) is 15.9. The molecule has 22 heavy (non-hydrogen) atoms. The fourth-order valence-electron chi connectivity index (χ4n) is 1.85. The van der Waals surface area contributed by atoms with Gasteiger partial charge < -0.3 is 15.8 Å². The summed E-state index contributed by atoms with van der Waals surface area (Å²) >= 11 is 5.76. The van der Waals surface area contributed by atoms with Crippen LogP contribution in [0.15, 0.2) is 42.5 Å². The molecule has 0 atom stereocenters. The molecule has 0 spiro atoms. The molecular formula is C16H15ClN2O3. The van der Waals surface area contributed by atoms with E-state index in [1.54, 1.807) is 6.07 Å². The van der Waals surface area contributed by atoms with Gasteiger partial charge in [0.2, 0.25) is 0 Å². The zero-order valence-electron chi connectivity index (χ0n) is 11.9. The van der Waals surface area contributed by atoms with Gasteiger partial charge in [-0.1, -0.05) is 23.7 Å². The van der Waals surface area contributed by atoms with Crippen LogP contribution < -0.4 is 11.1 Å². The Bertz CT molecular complexity index is 716. The lowest BCUT2D eigenvalue weighted by molar-refractivity contribution is -0.119. The van der Waals surface area contributed by atoms with Gasteiger partial charge in [-0.25, -0.2) is 4.79 Å². The third kappa shape index (κ3) is 4.23. The maximum absolute atomic E-state index is 11.9. The van der Waals surface area contributed by atoms with Gasteiger partial charge in [0.15, 0.2) is 6.61 Å². The number of nitrogens with one attached hydrogen (secondary N) is 1. The van der Waals surface area contributed by atoms with Crippen molar-refractivity contribution in [1.29, 1.82) is 0 Å². The molecule has 0 fully saturated rings.